The quantitative estimate of drug-likeness (QED) is 0.670. The molecular weight excluding hydrogens is 146 g/mol. The number of hydrogen-bond donors (Lipinski definition) is 1. The van der Waals surface area contributed by atoms with Crippen molar-refractivity contribution in [2.24, 2.45) is 5.92 Å². The minimum Gasteiger partial charge on any atom is -0.317 e. The average Bonchev–Trinajstić information content (AvgIpc) is 2.05. The van der Waals surface area contributed by atoms with Crippen LogP contribution < -0.4 is 5.32 Å². The van der Waals surface area contributed by atoms with Gasteiger partial charge in [-0.15, -0.1) is 0 Å². The summed E-state index contributed by atoms with van der Waals surface area (Å²) in [7, 11) is 2.10. The fourth-order valence-corrected chi connectivity index (χ4v) is 2.25. The second-order valence-electron chi connectivity index (χ2n) is 4.12. The van der Waals surface area contributed by atoms with E-state index < -0.39 is 0 Å². The van der Waals surface area contributed by atoms with Crippen molar-refractivity contribution in [3.05, 3.63) is 0 Å². The molecule has 0 spiro atoms. The first-order chi connectivity index (χ1) is 5.86. The lowest BCUT2D eigenvalue weighted by molar-refractivity contribution is 0.328. The van der Waals surface area contributed by atoms with Crippen LogP contribution in [-0.2, 0) is 0 Å². The molecule has 0 heterocycles. The lowest BCUT2D eigenvalue weighted by Crippen LogP contribution is -2.26. The van der Waals surface area contributed by atoms with Crippen LogP contribution in [0.5, 0.6) is 0 Å². The van der Waals surface area contributed by atoms with Crippen LogP contribution in [0.25, 0.3) is 0 Å². The molecule has 1 nitrogen and oxygen atoms in total. The highest BCUT2D eigenvalue weighted by Crippen LogP contribution is 2.24. The molecule has 2 unspecified atom stereocenters. The summed E-state index contributed by atoms with van der Waals surface area (Å²) in [5, 5.41) is 3.42. The topological polar surface area (TPSA) is 12.0 Å². The molecule has 0 aromatic carbocycles. The van der Waals surface area contributed by atoms with Gasteiger partial charge in [-0.05, 0) is 32.2 Å². The largest absolute Gasteiger partial charge is 0.317 e. The molecule has 1 N–H and O–H groups in total. The van der Waals surface area contributed by atoms with Gasteiger partial charge in [-0.2, -0.15) is 0 Å². The molecular formula is C11H23N. The smallest absolute Gasteiger partial charge is 0.00641 e. The van der Waals surface area contributed by atoms with Gasteiger partial charge in [-0.1, -0.05) is 32.6 Å². The summed E-state index contributed by atoms with van der Waals surface area (Å²) in [6.07, 6.45) is 9.99. The molecule has 0 bridgehead atoms. The van der Waals surface area contributed by atoms with Gasteiger partial charge >= 0.3 is 0 Å². The van der Waals surface area contributed by atoms with Gasteiger partial charge in [0.2, 0.25) is 0 Å². The second-order valence-corrected chi connectivity index (χ2v) is 4.12. The Bertz CT molecular complexity index is 97.6. The fraction of sp³-hybridized carbons (Fsp3) is 1.00. The minimum absolute atomic E-state index is 0.805. The first kappa shape index (κ1) is 10.0. The summed E-state index contributed by atoms with van der Waals surface area (Å²) in [5.74, 6) is 1.01. The third-order valence-corrected chi connectivity index (χ3v) is 3.32. The van der Waals surface area contributed by atoms with E-state index in [9.17, 15) is 0 Å². The van der Waals surface area contributed by atoms with Crippen molar-refractivity contribution < 1.29 is 0 Å². The minimum atomic E-state index is 0.805. The van der Waals surface area contributed by atoms with Crippen LogP contribution in [0.1, 0.15) is 51.9 Å². The highest BCUT2D eigenvalue weighted by atomic mass is 14.9. The molecule has 1 aliphatic rings. The molecule has 0 radical (unpaired) electrons. The van der Waals surface area contributed by atoms with Crippen LogP contribution in [0.2, 0.25) is 0 Å². The summed E-state index contributed by atoms with van der Waals surface area (Å²) in [4.78, 5) is 0. The zero-order valence-electron chi connectivity index (χ0n) is 8.60. The first-order valence-electron chi connectivity index (χ1n) is 5.54. The Morgan fingerprint density at radius 1 is 1.08 bits per heavy atom. The number of rotatable bonds is 2. The standard InChI is InChI=1S/C11H23N/c1-3-10-6-4-5-7-11(12-2)9-8-10/h10-12H,3-9H2,1-2H3. The van der Waals surface area contributed by atoms with E-state index in [1.165, 1.54) is 44.9 Å². The van der Waals surface area contributed by atoms with Gasteiger partial charge in [-0.25, -0.2) is 0 Å². The maximum atomic E-state index is 3.42. The molecule has 0 aromatic heterocycles. The van der Waals surface area contributed by atoms with E-state index in [0.29, 0.717) is 0 Å². The first-order valence-corrected chi connectivity index (χ1v) is 5.54. The monoisotopic (exact) mass is 169 g/mol. The second kappa shape index (κ2) is 5.58. The normalized spacial score (nSPS) is 32.5. The van der Waals surface area contributed by atoms with E-state index in [2.05, 4.69) is 19.3 Å². The van der Waals surface area contributed by atoms with E-state index >= 15 is 0 Å². The van der Waals surface area contributed by atoms with Crippen LogP contribution in [-0.4, -0.2) is 13.1 Å². The Kier molecular flexibility index (Phi) is 4.67. The van der Waals surface area contributed by atoms with Crippen molar-refractivity contribution in [1.29, 1.82) is 0 Å². The van der Waals surface area contributed by atoms with E-state index in [-0.39, 0.29) is 0 Å². The fourth-order valence-electron chi connectivity index (χ4n) is 2.25. The SMILES string of the molecule is CCC1CCCCC(NC)CC1. The lowest BCUT2D eigenvalue weighted by atomic mass is 9.87. The molecule has 1 saturated carbocycles. The van der Waals surface area contributed by atoms with Gasteiger partial charge in [0.05, 0.1) is 0 Å². The maximum absolute atomic E-state index is 3.42. The van der Waals surface area contributed by atoms with Crippen molar-refractivity contribution in [3.63, 3.8) is 0 Å². The molecule has 1 rings (SSSR count). The molecule has 0 aliphatic heterocycles. The number of hydrogen-bond acceptors (Lipinski definition) is 1. The van der Waals surface area contributed by atoms with Crippen molar-refractivity contribution in [2.75, 3.05) is 7.05 Å². The van der Waals surface area contributed by atoms with Gasteiger partial charge in [0, 0.05) is 6.04 Å². The zero-order chi connectivity index (χ0) is 8.81. The van der Waals surface area contributed by atoms with Gasteiger partial charge in [-0.3, -0.25) is 0 Å². The Balaban J connectivity index is 2.28. The van der Waals surface area contributed by atoms with Gasteiger partial charge < -0.3 is 5.32 Å². The summed E-state index contributed by atoms with van der Waals surface area (Å²) in [5.41, 5.74) is 0. The van der Waals surface area contributed by atoms with E-state index in [0.717, 1.165) is 12.0 Å². The van der Waals surface area contributed by atoms with Gasteiger partial charge in [0.15, 0.2) is 0 Å². The molecule has 0 aromatic rings. The van der Waals surface area contributed by atoms with Crippen LogP contribution >= 0.6 is 0 Å². The Morgan fingerprint density at radius 3 is 2.50 bits per heavy atom. The Morgan fingerprint density at radius 2 is 1.83 bits per heavy atom. The van der Waals surface area contributed by atoms with Gasteiger partial charge in [0.1, 0.15) is 0 Å². The molecule has 0 saturated heterocycles. The average molecular weight is 169 g/mol. The molecule has 1 aliphatic carbocycles. The molecule has 2 atom stereocenters. The molecule has 1 heteroatoms. The van der Waals surface area contributed by atoms with Crippen molar-refractivity contribution >= 4 is 0 Å². The summed E-state index contributed by atoms with van der Waals surface area (Å²) < 4.78 is 0. The molecule has 12 heavy (non-hydrogen) atoms. The van der Waals surface area contributed by atoms with E-state index in [4.69, 9.17) is 0 Å². The maximum Gasteiger partial charge on any atom is 0.00641 e. The third kappa shape index (κ3) is 3.14. The van der Waals surface area contributed by atoms with Crippen molar-refractivity contribution in [1.82, 2.24) is 5.32 Å². The van der Waals surface area contributed by atoms with Crippen LogP contribution in [0, 0.1) is 5.92 Å². The zero-order valence-corrected chi connectivity index (χ0v) is 8.60. The Hall–Kier alpha value is -0.0400. The molecule has 1 fully saturated rings. The summed E-state index contributed by atoms with van der Waals surface area (Å²) in [6.45, 7) is 2.33. The summed E-state index contributed by atoms with van der Waals surface area (Å²) in [6, 6.07) is 0.805. The highest BCUT2D eigenvalue weighted by Gasteiger charge is 2.14. The molecule has 72 valence electrons. The predicted molar refractivity (Wildman–Crippen MR) is 54.3 cm³/mol. The lowest BCUT2D eigenvalue weighted by Gasteiger charge is -2.23. The van der Waals surface area contributed by atoms with Crippen LogP contribution in [0.4, 0.5) is 0 Å². The van der Waals surface area contributed by atoms with Crippen LogP contribution in [0.3, 0.4) is 0 Å². The molecule has 0 amide bonds. The Labute approximate surface area is 76.9 Å². The highest BCUT2D eigenvalue weighted by molar-refractivity contribution is 4.71. The number of nitrogens with one attached hydrogen (secondary N) is 1. The summed E-state index contributed by atoms with van der Waals surface area (Å²) >= 11 is 0. The van der Waals surface area contributed by atoms with Crippen molar-refractivity contribution in [3.8, 4) is 0 Å². The van der Waals surface area contributed by atoms with E-state index in [1.807, 2.05) is 0 Å². The van der Waals surface area contributed by atoms with Crippen LogP contribution in [0.15, 0.2) is 0 Å². The third-order valence-electron chi connectivity index (χ3n) is 3.32. The van der Waals surface area contributed by atoms with Crippen molar-refractivity contribution in [2.45, 2.75) is 57.9 Å². The van der Waals surface area contributed by atoms with Gasteiger partial charge in [0.25, 0.3) is 0 Å². The predicted octanol–water partition coefficient (Wildman–Crippen LogP) is 2.95. The van der Waals surface area contributed by atoms with E-state index in [1.54, 1.807) is 0 Å².